The second kappa shape index (κ2) is 8.53. The summed E-state index contributed by atoms with van der Waals surface area (Å²) in [5.41, 5.74) is 0.189. The molecule has 0 aliphatic carbocycles. The third kappa shape index (κ3) is 4.01. The van der Waals surface area contributed by atoms with Crippen LogP contribution in [0.15, 0.2) is 60.7 Å². The molecule has 0 N–H and O–H groups in total. The van der Waals surface area contributed by atoms with E-state index < -0.39 is 8.07 Å². The van der Waals surface area contributed by atoms with E-state index in [4.69, 9.17) is 4.74 Å². The Morgan fingerprint density at radius 1 is 1.03 bits per heavy atom. The highest BCUT2D eigenvalue weighted by molar-refractivity contribution is 7.05. The van der Waals surface area contributed by atoms with Gasteiger partial charge in [-0.1, -0.05) is 91.8 Å². The Balaban J connectivity index is 2.09. The third-order valence-corrected chi connectivity index (χ3v) is 12.6. The van der Waals surface area contributed by atoms with Gasteiger partial charge in [0, 0.05) is 13.0 Å². The van der Waals surface area contributed by atoms with E-state index in [1.54, 1.807) is 11.8 Å². The van der Waals surface area contributed by atoms with Crippen molar-refractivity contribution in [1.29, 1.82) is 0 Å². The first-order chi connectivity index (χ1) is 13.8. The van der Waals surface area contributed by atoms with Crippen LogP contribution in [0.3, 0.4) is 0 Å². The van der Waals surface area contributed by atoms with Gasteiger partial charge in [0.05, 0.1) is 6.61 Å². The Bertz CT molecular complexity index is 806. The van der Waals surface area contributed by atoms with E-state index in [0.717, 1.165) is 0 Å². The smallest absolute Gasteiger partial charge is 0.325 e. The monoisotopic (exact) mass is 409 g/mol. The lowest BCUT2D eigenvalue weighted by Gasteiger charge is -2.48. The lowest BCUT2D eigenvalue weighted by Crippen LogP contribution is -2.67. The number of ether oxygens (including phenoxy) is 1. The fourth-order valence-electron chi connectivity index (χ4n) is 5.10. The lowest BCUT2D eigenvalue weighted by molar-refractivity contribution is -0.147. The molecule has 1 saturated heterocycles. The second-order valence-corrected chi connectivity index (χ2v) is 13.9. The average molecular weight is 410 g/mol. The van der Waals surface area contributed by atoms with Crippen molar-refractivity contribution in [2.45, 2.75) is 44.7 Å². The van der Waals surface area contributed by atoms with Gasteiger partial charge in [-0.25, -0.2) is 0 Å². The molecule has 0 radical (unpaired) electrons. The van der Waals surface area contributed by atoms with E-state index in [0.29, 0.717) is 19.6 Å². The normalized spacial score (nSPS) is 17.4. The maximum Gasteiger partial charge on any atom is 0.325 e. The van der Waals surface area contributed by atoms with E-state index in [-0.39, 0.29) is 29.0 Å². The number of amides is 1. The standard InChI is InChI=1S/C24H31NO3Si/c1-5-28-23(27)18-25-17-21(16-22(25)26)29(24(2,3)4,19-12-8-6-9-13-19)20-14-10-7-11-15-20/h6-15,21H,5,16-18H2,1-4H3. The highest BCUT2D eigenvalue weighted by Gasteiger charge is 2.56. The highest BCUT2D eigenvalue weighted by Crippen LogP contribution is 2.47. The quantitative estimate of drug-likeness (QED) is 0.544. The van der Waals surface area contributed by atoms with Crippen LogP contribution in [0.1, 0.15) is 34.1 Å². The van der Waals surface area contributed by atoms with Crippen molar-refractivity contribution < 1.29 is 14.3 Å². The minimum absolute atomic E-state index is 0.0133. The lowest BCUT2D eigenvalue weighted by atomic mass is 10.2. The van der Waals surface area contributed by atoms with Crippen molar-refractivity contribution in [1.82, 2.24) is 4.90 Å². The summed E-state index contributed by atoms with van der Waals surface area (Å²) in [6.07, 6.45) is 0.479. The predicted octanol–water partition coefficient (Wildman–Crippen LogP) is 3.22. The molecule has 3 rings (SSSR count). The van der Waals surface area contributed by atoms with Gasteiger partial charge >= 0.3 is 5.97 Å². The molecule has 1 amide bonds. The minimum Gasteiger partial charge on any atom is -0.465 e. The fraction of sp³-hybridized carbons (Fsp3) is 0.417. The zero-order valence-corrected chi connectivity index (χ0v) is 18.9. The van der Waals surface area contributed by atoms with Gasteiger partial charge < -0.3 is 9.64 Å². The third-order valence-electron chi connectivity index (χ3n) is 6.09. The first-order valence-corrected chi connectivity index (χ1v) is 12.4. The van der Waals surface area contributed by atoms with E-state index in [2.05, 4.69) is 69.3 Å². The average Bonchev–Trinajstić information content (AvgIpc) is 3.03. The number of esters is 1. The van der Waals surface area contributed by atoms with E-state index in [9.17, 15) is 9.59 Å². The van der Waals surface area contributed by atoms with Crippen molar-refractivity contribution in [2.24, 2.45) is 0 Å². The molecule has 1 heterocycles. The first-order valence-electron chi connectivity index (χ1n) is 10.3. The Kier molecular flexibility index (Phi) is 6.27. The summed E-state index contributed by atoms with van der Waals surface area (Å²) in [5.74, 6) is -0.278. The Morgan fingerprint density at radius 2 is 1.55 bits per heavy atom. The number of benzene rings is 2. The Labute approximate surface area is 174 Å². The van der Waals surface area contributed by atoms with Crippen LogP contribution >= 0.6 is 0 Å². The number of carbonyl (C=O) groups excluding carboxylic acids is 2. The van der Waals surface area contributed by atoms with Gasteiger partial charge in [0.2, 0.25) is 5.91 Å². The number of hydrogen-bond acceptors (Lipinski definition) is 3. The van der Waals surface area contributed by atoms with Crippen LogP contribution in [-0.2, 0) is 14.3 Å². The fourth-order valence-corrected chi connectivity index (χ4v) is 11.7. The number of nitrogens with zero attached hydrogens (tertiary/aromatic N) is 1. The van der Waals surface area contributed by atoms with Gasteiger partial charge in [-0.2, -0.15) is 0 Å². The van der Waals surface area contributed by atoms with E-state index in [1.165, 1.54) is 10.4 Å². The molecule has 1 aliphatic heterocycles. The second-order valence-electron chi connectivity index (χ2n) is 8.77. The van der Waals surface area contributed by atoms with Gasteiger partial charge in [-0.05, 0) is 17.5 Å². The van der Waals surface area contributed by atoms with Crippen LogP contribution in [0.25, 0.3) is 0 Å². The summed E-state index contributed by atoms with van der Waals surface area (Å²) in [5, 5.41) is 2.67. The van der Waals surface area contributed by atoms with Gasteiger partial charge in [-0.3, -0.25) is 9.59 Å². The Morgan fingerprint density at radius 3 is 2.00 bits per heavy atom. The predicted molar refractivity (Wildman–Crippen MR) is 119 cm³/mol. The van der Waals surface area contributed by atoms with Gasteiger partial charge in [-0.15, -0.1) is 0 Å². The molecule has 154 valence electrons. The maximum atomic E-state index is 12.9. The zero-order valence-electron chi connectivity index (χ0n) is 17.9. The first kappa shape index (κ1) is 21.3. The zero-order chi connectivity index (χ0) is 21.1. The molecule has 0 bridgehead atoms. The molecule has 29 heavy (non-hydrogen) atoms. The van der Waals surface area contributed by atoms with Crippen molar-refractivity contribution in [3.05, 3.63) is 60.7 Å². The molecule has 2 aromatic carbocycles. The molecule has 0 aromatic heterocycles. The van der Waals surface area contributed by atoms with Crippen LogP contribution in [0.4, 0.5) is 0 Å². The molecule has 2 aromatic rings. The van der Waals surface area contributed by atoms with Crippen LogP contribution in [0, 0.1) is 0 Å². The molecule has 4 nitrogen and oxygen atoms in total. The molecule has 1 aliphatic rings. The number of rotatable bonds is 6. The number of likely N-dealkylation sites (tertiary alicyclic amines) is 1. The summed E-state index contributed by atoms with van der Waals surface area (Å²) >= 11 is 0. The van der Waals surface area contributed by atoms with Crippen molar-refractivity contribution in [3.8, 4) is 0 Å². The number of hydrogen-bond donors (Lipinski definition) is 0. The largest absolute Gasteiger partial charge is 0.465 e. The van der Waals surface area contributed by atoms with Gasteiger partial charge in [0.25, 0.3) is 0 Å². The SMILES string of the molecule is CCOC(=O)CN1CC([Si](c2ccccc2)(c2ccccc2)C(C)(C)C)CC1=O. The molecule has 1 atom stereocenters. The van der Waals surface area contributed by atoms with Gasteiger partial charge in [0.1, 0.15) is 14.6 Å². The molecular weight excluding hydrogens is 378 g/mol. The van der Waals surface area contributed by atoms with Crippen LogP contribution in [0.2, 0.25) is 10.6 Å². The summed E-state index contributed by atoms with van der Waals surface area (Å²) in [4.78, 5) is 26.6. The molecule has 0 spiro atoms. The molecule has 0 saturated carbocycles. The number of carbonyl (C=O) groups is 2. The van der Waals surface area contributed by atoms with Crippen molar-refractivity contribution in [2.75, 3.05) is 19.7 Å². The summed E-state index contributed by atoms with van der Waals surface area (Å²) in [7, 11) is -2.38. The minimum atomic E-state index is -2.38. The topological polar surface area (TPSA) is 46.6 Å². The maximum absolute atomic E-state index is 12.9. The van der Waals surface area contributed by atoms with E-state index >= 15 is 0 Å². The molecule has 1 unspecified atom stereocenters. The van der Waals surface area contributed by atoms with E-state index in [1.807, 2.05) is 12.1 Å². The molecule has 5 heteroatoms. The molecular formula is C24H31NO3Si. The van der Waals surface area contributed by atoms with Crippen molar-refractivity contribution >= 4 is 30.3 Å². The van der Waals surface area contributed by atoms with Crippen molar-refractivity contribution in [3.63, 3.8) is 0 Å². The summed E-state index contributed by atoms with van der Waals surface area (Å²) in [6, 6.07) is 21.4. The molecule has 1 fully saturated rings. The van der Waals surface area contributed by atoms with Gasteiger partial charge in [0.15, 0.2) is 0 Å². The van der Waals surface area contributed by atoms with Crippen LogP contribution in [0.5, 0.6) is 0 Å². The van der Waals surface area contributed by atoms with Crippen LogP contribution in [-0.4, -0.2) is 44.5 Å². The Hall–Kier alpha value is -2.40. The highest BCUT2D eigenvalue weighted by atomic mass is 28.3. The summed E-state index contributed by atoms with van der Waals surface area (Å²) < 4.78 is 5.09. The van der Waals surface area contributed by atoms with Crippen LogP contribution < -0.4 is 10.4 Å². The summed E-state index contributed by atoms with van der Waals surface area (Å²) in [6.45, 7) is 9.67.